The molecule has 4 heteroatoms. The SMILES string of the molecule is Cc1cc2n(n1)[C@@H](c1cccc(O)c1)Nc1ccccc1-2. The normalized spacial score (nSPS) is 16.0. The number of phenolic OH excluding ortho intramolecular Hbond substituents is 1. The van der Waals surface area contributed by atoms with E-state index < -0.39 is 0 Å². The van der Waals surface area contributed by atoms with Crippen LogP contribution in [-0.2, 0) is 0 Å². The first kappa shape index (κ1) is 12.0. The van der Waals surface area contributed by atoms with Crippen molar-refractivity contribution >= 4 is 5.69 Å². The van der Waals surface area contributed by atoms with Gasteiger partial charge in [0.15, 0.2) is 0 Å². The van der Waals surface area contributed by atoms with E-state index in [1.807, 2.05) is 35.9 Å². The van der Waals surface area contributed by atoms with Crippen molar-refractivity contribution < 1.29 is 5.11 Å². The summed E-state index contributed by atoms with van der Waals surface area (Å²) in [6.45, 7) is 1.99. The lowest BCUT2D eigenvalue weighted by atomic mass is 10.0. The first-order valence-corrected chi connectivity index (χ1v) is 6.93. The summed E-state index contributed by atoms with van der Waals surface area (Å²) < 4.78 is 1.98. The van der Waals surface area contributed by atoms with Gasteiger partial charge in [0.25, 0.3) is 0 Å². The lowest BCUT2D eigenvalue weighted by Gasteiger charge is -2.29. The number of hydrogen-bond acceptors (Lipinski definition) is 3. The largest absolute Gasteiger partial charge is 0.508 e. The molecule has 3 aromatic rings. The highest BCUT2D eigenvalue weighted by Gasteiger charge is 2.26. The molecule has 1 aliphatic heterocycles. The van der Waals surface area contributed by atoms with Crippen molar-refractivity contribution in [2.75, 3.05) is 5.32 Å². The van der Waals surface area contributed by atoms with E-state index >= 15 is 0 Å². The summed E-state index contributed by atoms with van der Waals surface area (Å²) in [4.78, 5) is 0. The number of aromatic hydroxyl groups is 1. The van der Waals surface area contributed by atoms with Gasteiger partial charge in [-0.3, -0.25) is 0 Å². The van der Waals surface area contributed by atoms with Crippen molar-refractivity contribution in [2.24, 2.45) is 0 Å². The van der Waals surface area contributed by atoms with Crippen molar-refractivity contribution in [3.8, 4) is 17.0 Å². The van der Waals surface area contributed by atoms with Crippen molar-refractivity contribution in [1.29, 1.82) is 0 Å². The van der Waals surface area contributed by atoms with Crippen molar-refractivity contribution in [3.63, 3.8) is 0 Å². The lowest BCUT2D eigenvalue weighted by molar-refractivity contribution is 0.472. The van der Waals surface area contributed by atoms with Gasteiger partial charge in [0.2, 0.25) is 0 Å². The van der Waals surface area contributed by atoms with Crippen LogP contribution < -0.4 is 5.32 Å². The molecule has 0 saturated heterocycles. The smallest absolute Gasteiger partial charge is 0.147 e. The minimum atomic E-state index is -0.115. The summed E-state index contributed by atoms with van der Waals surface area (Å²) in [5.41, 5.74) is 5.28. The minimum Gasteiger partial charge on any atom is -0.508 e. The molecule has 0 amide bonds. The van der Waals surface area contributed by atoms with E-state index in [-0.39, 0.29) is 11.9 Å². The number of phenols is 1. The van der Waals surface area contributed by atoms with Crippen LogP contribution in [0.3, 0.4) is 0 Å². The van der Waals surface area contributed by atoms with Crippen LogP contribution in [0.2, 0.25) is 0 Å². The third-order valence-corrected chi connectivity index (χ3v) is 3.78. The van der Waals surface area contributed by atoms with E-state index in [9.17, 15) is 5.11 Å². The third kappa shape index (κ3) is 1.88. The van der Waals surface area contributed by atoms with Gasteiger partial charge in [-0.15, -0.1) is 0 Å². The number of benzene rings is 2. The maximum Gasteiger partial charge on any atom is 0.147 e. The highest BCUT2D eigenvalue weighted by molar-refractivity contribution is 5.78. The maximum absolute atomic E-state index is 9.73. The van der Waals surface area contributed by atoms with Gasteiger partial charge in [-0.2, -0.15) is 5.10 Å². The molecule has 21 heavy (non-hydrogen) atoms. The topological polar surface area (TPSA) is 50.1 Å². The Bertz CT molecular complexity index is 822. The molecule has 2 aromatic carbocycles. The van der Waals surface area contributed by atoms with Gasteiger partial charge in [0, 0.05) is 16.8 Å². The Labute approximate surface area is 122 Å². The molecule has 4 nitrogen and oxygen atoms in total. The first-order valence-electron chi connectivity index (χ1n) is 6.93. The number of nitrogens with zero attached hydrogens (tertiary/aromatic N) is 2. The fourth-order valence-corrected chi connectivity index (χ4v) is 2.87. The summed E-state index contributed by atoms with van der Waals surface area (Å²) in [6.07, 6.45) is -0.115. The molecule has 104 valence electrons. The molecule has 2 heterocycles. The van der Waals surface area contributed by atoms with Crippen LogP contribution in [0.5, 0.6) is 5.75 Å². The number of fused-ring (bicyclic) bond motifs is 3. The second kappa shape index (κ2) is 4.38. The number of hydrogen-bond donors (Lipinski definition) is 2. The molecule has 2 N–H and O–H groups in total. The van der Waals surface area contributed by atoms with E-state index in [4.69, 9.17) is 0 Å². The van der Waals surface area contributed by atoms with Crippen molar-refractivity contribution in [3.05, 3.63) is 65.9 Å². The molecule has 0 unspecified atom stereocenters. The molecular weight excluding hydrogens is 262 g/mol. The standard InChI is InChI=1S/C17H15N3O/c1-11-9-16-14-7-2-3-8-15(14)18-17(20(16)19-11)12-5-4-6-13(21)10-12/h2-10,17-18,21H,1H3/t17-/m0/s1. The molecule has 0 bridgehead atoms. The number of nitrogens with one attached hydrogen (secondary N) is 1. The lowest BCUT2D eigenvalue weighted by Crippen LogP contribution is -2.25. The number of rotatable bonds is 1. The zero-order chi connectivity index (χ0) is 14.4. The van der Waals surface area contributed by atoms with Gasteiger partial charge in [-0.1, -0.05) is 30.3 Å². The van der Waals surface area contributed by atoms with Crippen LogP contribution in [0, 0.1) is 6.92 Å². The molecule has 0 aliphatic carbocycles. The molecule has 0 radical (unpaired) electrons. The van der Waals surface area contributed by atoms with E-state index in [0.717, 1.165) is 28.2 Å². The van der Waals surface area contributed by atoms with Gasteiger partial charge >= 0.3 is 0 Å². The molecular formula is C17H15N3O. The number of aromatic nitrogens is 2. The second-order valence-corrected chi connectivity index (χ2v) is 5.30. The number of aryl methyl sites for hydroxylation is 1. The van der Waals surface area contributed by atoms with Crippen LogP contribution in [0.4, 0.5) is 5.69 Å². The van der Waals surface area contributed by atoms with Gasteiger partial charge in [0.05, 0.1) is 11.4 Å². The average Bonchev–Trinajstić information content (AvgIpc) is 2.88. The van der Waals surface area contributed by atoms with Gasteiger partial charge in [-0.05, 0) is 31.2 Å². The predicted octanol–water partition coefficient (Wildman–Crippen LogP) is 3.54. The van der Waals surface area contributed by atoms with Crippen molar-refractivity contribution in [1.82, 2.24) is 9.78 Å². The Kier molecular flexibility index (Phi) is 2.51. The van der Waals surface area contributed by atoms with E-state index in [1.165, 1.54) is 0 Å². The van der Waals surface area contributed by atoms with E-state index in [1.54, 1.807) is 12.1 Å². The van der Waals surface area contributed by atoms with Crippen LogP contribution in [0.15, 0.2) is 54.6 Å². The van der Waals surface area contributed by atoms with Crippen molar-refractivity contribution in [2.45, 2.75) is 13.1 Å². The molecule has 1 aliphatic rings. The van der Waals surface area contributed by atoms with E-state index in [2.05, 4.69) is 28.6 Å². The Morgan fingerprint density at radius 2 is 1.95 bits per heavy atom. The molecule has 0 fully saturated rings. The van der Waals surface area contributed by atoms with Crippen LogP contribution in [0.25, 0.3) is 11.3 Å². The second-order valence-electron chi connectivity index (χ2n) is 5.30. The van der Waals surface area contributed by atoms with Gasteiger partial charge < -0.3 is 10.4 Å². The van der Waals surface area contributed by atoms with Crippen LogP contribution >= 0.6 is 0 Å². The number of anilines is 1. The summed E-state index contributed by atoms with van der Waals surface area (Å²) in [5.74, 6) is 0.263. The highest BCUT2D eigenvalue weighted by Crippen LogP contribution is 2.38. The Morgan fingerprint density at radius 1 is 1.10 bits per heavy atom. The summed E-state index contributed by atoms with van der Waals surface area (Å²) in [7, 11) is 0. The zero-order valence-electron chi connectivity index (χ0n) is 11.6. The first-order chi connectivity index (χ1) is 10.2. The van der Waals surface area contributed by atoms with Crippen LogP contribution in [-0.4, -0.2) is 14.9 Å². The minimum absolute atomic E-state index is 0.115. The molecule has 4 rings (SSSR count). The highest BCUT2D eigenvalue weighted by atomic mass is 16.3. The molecule has 0 spiro atoms. The van der Waals surface area contributed by atoms with Crippen LogP contribution in [0.1, 0.15) is 17.4 Å². The van der Waals surface area contributed by atoms with Gasteiger partial charge in [0.1, 0.15) is 11.9 Å². The Balaban J connectivity index is 1.92. The molecule has 0 saturated carbocycles. The molecule has 1 atom stereocenters. The maximum atomic E-state index is 9.73. The van der Waals surface area contributed by atoms with E-state index in [0.29, 0.717) is 0 Å². The summed E-state index contributed by atoms with van der Waals surface area (Å²) in [6, 6.07) is 17.6. The monoisotopic (exact) mass is 277 g/mol. The fourth-order valence-electron chi connectivity index (χ4n) is 2.87. The third-order valence-electron chi connectivity index (χ3n) is 3.78. The van der Waals surface area contributed by atoms with Gasteiger partial charge in [-0.25, -0.2) is 4.68 Å². The Morgan fingerprint density at radius 3 is 2.81 bits per heavy atom. The number of para-hydroxylation sites is 1. The summed E-state index contributed by atoms with van der Waals surface area (Å²) in [5, 5.41) is 17.8. The quantitative estimate of drug-likeness (QED) is 0.715. The zero-order valence-corrected chi connectivity index (χ0v) is 11.6. The Hall–Kier alpha value is -2.75. The predicted molar refractivity (Wildman–Crippen MR) is 82.3 cm³/mol. The average molecular weight is 277 g/mol. The summed E-state index contributed by atoms with van der Waals surface area (Å²) >= 11 is 0. The molecule has 1 aromatic heterocycles. The fraction of sp³-hybridized carbons (Fsp3) is 0.118.